The average Bonchev–Trinajstić information content (AvgIpc) is 2.83. The van der Waals surface area contributed by atoms with Gasteiger partial charge in [0, 0.05) is 30.4 Å². The summed E-state index contributed by atoms with van der Waals surface area (Å²) in [5.41, 5.74) is 0.00203. The van der Waals surface area contributed by atoms with Gasteiger partial charge in [0.05, 0.1) is 23.8 Å². The molecule has 186 valence electrons. The number of rotatable bonds is 6. The molecule has 36 heavy (non-hydrogen) atoms. The molecule has 2 aromatic carbocycles. The Kier molecular flexibility index (Phi) is 7.81. The summed E-state index contributed by atoms with van der Waals surface area (Å²) in [7, 11) is 3.63. The van der Waals surface area contributed by atoms with Crippen LogP contribution in [0.4, 0.5) is 18.9 Å². The van der Waals surface area contributed by atoms with E-state index in [4.69, 9.17) is 11.8 Å². The van der Waals surface area contributed by atoms with E-state index in [0.29, 0.717) is 17.7 Å². The van der Waals surface area contributed by atoms with Crippen LogP contribution < -0.4 is 10.2 Å². The van der Waals surface area contributed by atoms with E-state index in [1.165, 1.54) is 31.2 Å². The number of hydrogen-bond donors (Lipinski definition) is 1. The molecule has 2 aromatic rings. The molecule has 10 heteroatoms. The number of likely N-dealkylation sites (N-methyl/N-ethyl adjacent to an activating group) is 1. The molecule has 0 aromatic heterocycles. The Hall–Kier alpha value is -4.15. The number of nitrogens with zero attached hydrogens (tertiary/aromatic N) is 4. The molecule has 0 fully saturated rings. The maximum absolute atomic E-state index is 13.8. The smallest absolute Gasteiger partial charge is 0.354 e. The molecule has 0 saturated heterocycles. The third-order valence-electron chi connectivity index (χ3n) is 5.91. The number of nitrogens with one attached hydrogen (secondary N) is 1. The molecule has 0 aliphatic carbocycles. The minimum atomic E-state index is -4.64. The quantitative estimate of drug-likeness (QED) is 0.482. The molecular weight excluding hydrogens is 471 g/mol. The van der Waals surface area contributed by atoms with Gasteiger partial charge in [0.15, 0.2) is 5.70 Å². The summed E-state index contributed by atoms with van der Waals surface area (Å²) in [6.45, 7) is 10.0. The van der Waals surface area contributed by atoms with Gasteiger partial charge in [-0.25, -0.2) is 4.85 Å². The molecule has 3 rings (SSSR count). The Balaban J connectivity index is 2.17. The first-order chi connectivity index (χ1) is 17.0. The van der Waals surface area contributed by atoms with E-state index in [0.717, 1.165) is 17.0 Å². The summed E-state index contributed by atoms with van der Waals surface area (Å²) in [5.74, 6) is -3.75. The number of halogens is 3. The first-order valence-electron chi connectivity index (χ1n) is 11.0. The zero-order valence-corrected chi connectivity index (χ0v) is 19.9. The second-order valence-electron chi connectivity index (χ2n) is 8.59. The van der Waals surface area contributed by atoms with Crippen LogP contribution in [-0.2, 0) is 15.8 Å². The molecule has 0 bridgehead atoms. The van der Waals surface area contributed by atoms with Gasteiger partial charge in [0.25, 0.3) is 0 Å². The number of amides is 2. The zero-order valence-electron chi connectivity index (χ0n) is 19.9. The Labute approximate surface area is 207 Å². The van der Waals surface area contributed by atoms with Gasteiger partial charge in [-0.15, -0.1) is 0 Å². The number of nitriles is 1. The van der Waals surface area contributed by atoms with Crippen LogP contribution in [-0.4, -0.2) is 43.9 Å². The number of alkyl halides is 3. The van der Waals surface area contributed by atoms with Gasteiger partial charge in [-0.2, -0.15) is 18.4 Å². The number of carbonyl (C=O) groups excluding carboxylic acids is 2. The fourth-order valence-corrected chi connectivity index (χ4v) is 4.13. The molecule has 1 heterocycles. The minimum Gasteiger partial charge on any atom is -0.354 e. The molecule has 1 N–H and O–H groups in total. The van der Waals surface area contributed by atoms with Gasteiger partial charge in [-0.1, -0.05) is 18.2 Å². The lowest BCUT2D eigenvalue weighted by Gasteiger charge is -2.38. The van der Waals surface area contributed by atoms with E-state index in [2.05, 4.69) is 10.2 Å². The molecule has 0 radical (unpaired) electrons. The van der Waals surface area contributed by atoms with Crippen molar-refractivity contribution in [1.82, 2.24) is 10.2 Å². The molecular formula is C26H24F3N5O2. The molecule has 2 amide bonds. The lowest BCUT2D eigenvalue weighted by Crippen LogP contribution is -2.50. The molecule has 0 spiro atoms. The van der Waals surface area contributed by atoms with Crippen LogP contribution in [0.15, 0.2) is 59.9 Å². The Morgan fingerprint density at radius 1 is 1.22 bits per heavy atom. The molecule has 0 saturated carbocycles. The minimum absolute atomic E-state index is 0.0597. The highest BCUT2D eigenvalue weighted by Crippen LogP contribution is 2.43. The highest BCUT2D eigenvalue weighted by molar-refractivity contribution is 6.11. The highest BCUT2D eigenvalue weighted by Gasteiger charge is 2.47. The third-order valence-corrected chi connectivity index (χ3v) is 5.91. The van der Waals surface area contributed by atoms with Crippen molar-refractivity contribution in [2.45, 2.75) is 19.0 Å². The van der Waals surface area contributed by atoms with Gasteiger partial charge in [-0.05, 0) is 56.9 Å². The predicted molar refractivity (Wildman–Crippen MR) is 127 cm³/mol. The second-order valence-corrected chi connectivity index (χ2v) is 8.59. The third kappa shape index (κ3) is 5.40. The van der Waals surface area contributed by atoms with Crippen LogP contribution in [0.5, 0.6) is 0 Å². The van der Waals surface area contributed by atoms with E-state index in [1.54, 1.807) is 12.1 Å². The first kappa shape index (κ1) is 26.5. The summed E-state index contributed by atoms with van der Waals surface area (Å²) < 4.78 is 40.1. The Morgan fingerprint density at radius 3 is 2.44 bits per heavy atom. The summed E-state index contributed by atoms with van der Waals surface area (Å²) in [5, 5.41) is 11.8. The fourth-order valence-electron chi connectivity index (χ4n) is 4.13. The predicted octanol–water partition coefficient (Wildman–Crippen LogP) is 4.15. The van der Waals surface area contributed by atoms with Crippen molar-refractivity contribution in [3.05, 3.63) is 88.0 Å². The Bertz CT molecular complexity index is 1270. The van der Waals surface area contributed by atoms with Crippen molar-refractivity contribution in [2.75, 3.05) is 32.1 Å². The van der Waals surface area contributed by atoms with Crippen molar-refractivity contribution >= 4 is 17.5 Å². The molecule has 7 nitrogen and oxygen atoms in total. The number of anilines is 1. The van der Waals surface area contributed by atoms with E-state index >= 15 is 0 Å². The van der Waals surface area contributed by atoms with E-state index in [1.807, 2.05) is 25.1 Å². The normalized spacial score (nSPS) is 18.1. The van der Waals surface area contributed by atoms with Crippen LogP contribution in [0, 0.1) is 23.8 Å². The monoisotopic (exact) mass is 495 g/mol. The largest absolute Gasteiger partial charge is 0.416 e. The van der Waals surface area contributed by atoms with Crippen LogP contribution in [0.2, 0.25) is 0 Å². The summed E-state index contributed by atoms with van der Waals surface area (Å²) >= 11 is 0. The molecule has 1 aliphatic rings. The van der Waals surface area contributed by atoms with Crippen LogP contribution in [0.1, 0.15) is 29.5 Å². The van der Waals surface area contributed by atoms with Gasteiger partial charge in [0.1, 0.15) is 5.92 Å². The van der Waals surface area contributed by atoms with Crippen molar-refractivity contribution in [3.63, 3.8) is 0 Å². The van der Waals surface area contributed by atoms with Gasteiger partial charge < -0.3 is 10.2 Å². The number of allylic oxidation sites excluding steroid dienone is 2. The van der Waals surface area contributed by atoms with E-state index in [9.17, 15) is 22.8 Å². The maximum Gasteiger partial charge on any atom is 0.416 e. The maximum atomic E-state index is 13.8. The lowest BCUT2D eigenvalue weighted by atomic mass is 9.78. The topological polar surface area (TPSA) is 80.8 Å². The van der Waals surface area contributed by atoms with Crippen LogP contribution >= 0.6 is 0 Å². The van der Waals surface area contributed by atoms with Crippen molar-refractivity contribution < 1.29 is 22.8 Å². The standard InChI is InChI=1S/C26H24F3N5O2/c1-16-23(31-2)21(18-10-8-17(15-30)9-11-18)22(24(35)32-12-13-33(3)4)25(36)34(16)20-7-5-6-19(14-20)26(27,28)29/h5-11,14,21-22H,12-13H2,1,3-4H3,(H,32,35). The SMILES string of the molecule is [C-]#[N+]C1=C(C)N(c2cccc(C(F)(F)F)c2)C(=O)C(C(=O)NCCN(C)C)C1c1ccc(C#N)cc1. The summed E-state index contributed by atoms with van der Waals surface area (Å²) in [6, 6.07) is 12.4. The molecule has 2 atom stereocenters. The fraction of sp³-hybridized carbons (Fsp3) is 0.308. The Morgan fingerprint density at radius 2 is 1.89 bits per heavy atom. The molecule has 1 aliphatic heterocycles. The van der Waals surface area contributed by atoms with Crippen LogP contribution in [0.25, 0.3) is 4.85 Å². The zero-order chi connectivity index (χ0) is 26.6. The van der Waals surface area contributed by atoms with Crippen molar-refractivity contribution in [1.29, 1.82) is 5.26 Å². The second kappa shape index (κ2) is 10.6. The first-order valence-corrected chi connectivity index (χ1v) is 11.0. The summed E-state index contributed by atoms with van der Waals surface area (Å²) in [6.07, 6.45) is -4.64. The number of benzene rings is 2. The average molecular weight is 496 g/mol. The highest BCUT2D eigenvalue weighted by atomic mass is 19.4. The number of hydrogen-bond acceptors (Lipinski definition) is 4. The molecule has 2 unspecified atom stereocenters. The van der Waals surface area contributed by atoms with Gasteiger partial charge in [0.2, 0.25) is 11.8 Å². The van der Waals surface area contributed by atoms with Gasteiger partial charge in [-0.3, -0.25) is 14.5 Å². The number of carbonyl (C=O) groups is 2. The summed E-state index contributed by atoms with van der Waals surface area (Å²) in [4.78, 5) is 33.6. The van der Waals surface area contributed by atoms with Crippen molar-refractivity contribution in [3.8, 4) is 6.07 Å². The van der Waals surface area contributed by atoms with Gasteiger partial charge >= 0.3 is 6.18 Å². The van der Waals surface area contributed by atoms with Crippen LogP contribution in [0.3, 0.4) is 0 Å². The van der Waals surface area contributed by atoms with Crippen molar-refractivity contribution in [2.24, 2.45) is 5.92 Å². The van der Waals surface area contributed by atoms with E-state index in [-0.39, 0.29) is 23.6 Å². The lowest BCUT2D eigenvalue weighted by molar-refractivity contribution is -0.138. The van der Waals surface area contributed by atoms with E-state index < -0.39 is 35.4 Å².